The van der Waals surface area contributed by atoms with Crippen molar-refractivity contribution >= 4 is 17.6 Å². The summed E-state index contributed by atoms with van der Waals surface area (Å²) in [5.74, 6) is -4.84. The van der Waals surface area contributed by atoms with Crippen LogP contribution in [0.25, 0.3) is 11.5 Å². The molecule has 2 aromatic rings. The number of carboxylic acid groups (broad SMARTS) is 2. The van der Waals surface area contributed by atoms with Gasteiger partial charge in [-0.2, -0.15) is 26.3 Å². The first kappa shape index (κ1) is 31.9. The number of nitrogens with two attached hydrogens (primary N) is 1. The average molecular weight is 569 g/mol. The largest absolute Gasteiger partial charge is 0.490 e. The lowest BCUT2D eigenvalue weighted by Crippen LogP contribution is -2.50. The fourth-order valence-corrected chi connectivity index (χ4v) is 4.25. The molecule has 15 heteroatoms. The van der Waals surface area contributed by atoms with Crippen molar-refractivity contribution in [3.8, 4) is 11.5 Å². The van der Waals surface area contributed by atoms with Gasteiger partial charge in [-0.1, -0.05) is 12.8 Å². The fourth-order valence-electron chi connectivity index (χ4n) is 4.25. The van der Waals surface area contributed by atoms with Gasteiger partial charge in [0.2, 0.25) is 5.89 Å². The van der Waals surface area contributed by atoms with Crippen LogP contribution >= 0.6 is 0 Å². The Bertz CT molecular complexity index is 1010. The van der Waals surface area contributed by atoms with E-state index in [1.54, 1.807) is 12.5 Å². The third kappa shape index (κ3) is 10.4. The third-order valence-corrected chi connectivity index (χ3v) is 6.18. The number of aliphatic carboxylic acids is 2. The second-order valence-electron chi connectivity index (χ2n) is 8.94. The van der Waals surface area contributed by atoms with Crippen molar-refractivity contribution in [2.75, 3.05) is 18.0 Å². The molecule has 4 rings (SSSR count). The van der Waals surface area contributed by atoms with Gasteiger partial charge in [-0.05, 0) is 49.9 Å². The van der Waals surface area contributed by atoms with Crippen LogP contribution in [0.1, 0.15) is 38.5 Å². The van der Waals surface area contributed by atoms with E-state index in [0.717, 1.165) is 25.1 Å². The van der Waals surface area contributed by atoms with E-state index < -0.39 is 24.3 Å². The van der Waals surface area contributed by atoms with Crippen LogP contribution in [0.15, 0.2) is 41.1 Å². The Morgan fingerprint density at radius 3 is 2.03 bits per heavy atom. The van der Waals surface area contributed by atoms with Crippen molar-refractivity contribution in [3.63, 3.8) is 0 Å². The van der Waals surface area contributed by atoms with Gasteiger partial charge in [-0.3, -0.25) is 0 Å². The lowest BCUT2D eigenvalue weighted by molar-refractivity contribution is -0.193. The molecule has 2 heterocycles. The number of anilines is 1. The van der Waals surface area contributed by atoms with Crippen molar-refractivity contribution in [1.82, 2.24) is 10.3 Å². The first-order valence-electron chi connectivity index (χ1n) is 12.1. The molecule has 1 saturated carbocycles. The van der Waals surface area contributed by atoms with Crippen LogP contribution in [0.5, 0.6) is 0 Å². The monoisotopic (exact) mass is 568 g/mol. The number of alkyl halides is 6. The Kier molecular flexibility index (Phi) is 11.6. The molecule has 39 heavy (non-hydrogen) atoms. The summed E-state index contributed by atoms with van der Waals surface area (Å²) in [6.45, 7) is 2.15. The summed E-state index contributed by atoms with van der Waals surface area (Å²) in [5.41, 5.74) is 8.59. The Hall–Kier alpha value is -3.33. The molecule has 1 saturated heterocycles. The molecule has 1 aliphatic heterocycles. The van der Waals surface area contributed by atoms with Gasteiger partial charge in [-0.25, -0.2) is 14.6 Å². The molecule has 1 unspecified atom stereocenters. The van der Waals surface area contributed by atoms with Gasteiger partial charge < -0.3 is 30.6 Å². The molecule has 3 atom stereocenters. The molecule has 9 nitrogen and oxygen atoms in total. The highest BCUT2D eigenvalue weighted by atomic mass is 19.4. The number of aromatic nitrogens is 1. The van der Waals surface area contributed by atoms with Crippen molar-refractivity contribution in [3.05, 3.63) is 36.7 Å². The third-order valence-electron chi connectivity index (χ3n) is 6.18. The predicted molar refractivity (Wildman–Crippen MR) is 128 cm³/mol. The first-order valence-corrected chi connectivity index (χ1v) is 12.1. The number of carboxylic acids is 2. The second kappa shape index (κ2) is 14.2. The lowest BCUT2D eigenvalue weighted by atomic mass is 9.91. The molecule has 5 N–H and O–H groups in total. The Balaban J connectivity index is 0.000000317. The zero-order valence-electron chi connectivity index (χ0n) is 20.7. The lowest BCUT2D eigenvalue weighted by Gasteiger charge is -2.33. The number of hydrogen-bond donors (Lipinski definition) is 4. The van der Waals surface area contributed by atoms with Gasteiger partial charge >= 0.3 is 24.3 Å². The summed E-state index contributed by atoms with van der Waals surface area (Å²) in [4.78, 5) is 24.5. The maximum absolute atomic E-state index is 10.6. The standard InChI is InChI=1S/C20H28N4O.2C2HF3O2/c21-18-5-1-2-6-19(18)23-14-17-4-3-12-24(17)16-9-7-15(8-10-16)20-22-11-13-25-20;2*3-2(4,5)1(6)7/h7-11,13,17-19,23H,1-6,12,14,21H2;2*(H,6,7)/t17?,18-,19+;;/m0../s1. The van der Waals surface area contributed by atoms with Crippen molar-refractivity contribution in [2.24, 2.45) is 5.73 Å². The average Bonchev–Trinajstić information content (AvgIpc) is 3.56. The molecule has 2 aliphatic rings. The normalized spacial score (nSPS) is 21.3. The minimum atomic E-state index is -5.08. The fraction of sp³-hybridized carbons (Fsp3) is 0.542. The first-order chi connectivity index (χ1) is 18.2. The van der Waals surface area contributed by atoms with Crippen LogP contribution in [0.2, 0.25) is 0 Å². The number of halogens is 6. The highest BCUT2D eigenvalue weighted by Gasteiger charge is 2.39. The van der Waals surface area contributed by atoms with Crippen LogP contribution in [-0.2, 0) is 9.59 Å². The molecule has 0 amide bonds. The molecule has 1 aromatic heterocycles. The zero-order chi connectivity index (χ0) is 29.2. The van der Waals surface area contributed by atoms with Crippen LogP contribution in [0.3, 0.4) is 0 Å². The van der Waals surface area contributed by atoms with Crippen LogP contribution in [0.4, 0.5) is 32.0 Å². The minimum absolute atomic E-state index is 0.323. The number of nitrogens with one attached hydrogen (secondary N) is 1. The van der Waals surface area contributed by atoms with E-state index >= 15 is 0 Å². The molecular weight excluding hydrogens is 538 g/mol. The Morgan fingerprint density at radius 1 is 0.974 bits per heavy atom. The van der Waals surface area contributed by atoms with E-state index in [4.69, 9.17) is 30.0 Å². The maximum atomic E-state index is 10.6. The molecule has 0 bridgehead atoms. The highest BCUT2D eigenvalue weighted by Crippen LogP contribution is 2.28. The summed E-state index contributed by atoms with van der Waals surface area (Å²) in [6.07, 6.45) is 0.602. The van der Waals surface area contributed by atoms with E-state index in [1.165, 1.54) is 37.8 Å². The topological polar surface area (TPSA) is 142 Å². The summed E-state index contributed by atoms with van der Waals surface area (Å²) in [6, 6.07) is 9.94. The van der Waals surface area contributed by atoms with Gasteiger partial charge in [0.05, 0.1) is 6.20 Å². The molecular formula is C24H30F6N4O5. The Labute approximate surface area is 220 Å². The molecule has 0 spiro atoms. The van der Waals surface area contributed by atoms with E-state index in [-0.39, 0.29) is 0 Å². The van der Waals surface area contributed by atoms with Crippen LogP contribution in [-0.4, -0.2) is 70.7 Å². The Morgan fingerprint density at radius 2 is 1.54 bits per heavy atom. The smallest absolute Gasteiger partial charge is 0.475 e. The van der Waals surface area contributed by atoms with Crippen LogP contribution < -0.4 is 16.0 Å². The van der Waals surface area contributed by atoms with Gasteiger partial charge in [0.25, 0.3) is 0 Å². The van der Waals surface area contributed by atoms with E-state index in [2.05, 4.69) is 39.5 Å². The molecule has 1 aliphatic carbocycles. The van der Waals surface area contributed by atoms with E-state index in [9.17, 15) is 26.3 Å². The molecule has 218 valence electrons. The summed E-state index contributed by atoms with van der Waals surface area (Å²) in [5, 5.41) is 18.0. The zero-order valence-corrected chi connectivity index (χ0v) is 20.7. The SMILES string of the molecule is N[C@H]1CCCC[C@H]1NCC1CCCN1c1ccc(-c2ncco2)cc1.O=C(O)C(F)(F)F.O=C(O)C(F)(F)F. The summed E-state index contributed by atoms with van der Waals surface area (Å²) >= 11 is 0. The molecule has 0 radical (unpaired) electrons. The van der Waals surface area contributed by atoms with Crippen molar-refractivity contribution in [2.45, 2.75) is 69.0 Å². The molecule has 1 aromatic carbocycles. The van der Waals surface area contributed by atoms with Crippen molar-refractivity contribution < 1.29 is 50.6 Å². The van der Waals surface area contributed by atoms with Gasteiger partial charge in [0, 0.05) is 42.5 Å². The summed E-state index contributed by atoms with van der Waals surface area (Å²) < 4.78 is 68.8. The number of nitrogens with zero attached hydrogens (tertiary/aromatic N) is 2. The highest BCUT2D eigenvalue weighted by molar-refractivity contribution is 5.73. The van der Waals surface area contributed by atoms with Gasteiger partial charge in [0.15, 0.2) is 0 Å². The number of oxazole rings is 1. The number of carbonyl (C=O) groups is 2. The van der Waals surface area contributed by atoms with E-state index in [1.807, 2.05) is 0 Å². The molecule has 2 fully saturated rings. The van der Waals surface area contributed by atoms with E-state index in [0.29, 0.717) is 24.0 Å². The quantitative estimate of drug-likeness (QED) is 0.385. The number of rotatable bonds is 5. The second-order valence-corrected chi connectivity index (χ2v) is 8.94. The van der Waals surface area contributed by atoms with Gasteiger partial charge in [-0.15, -0.1) is 0 Å². The van der Waals surface area contributed by atoms with Crippen LogP contribution in [0, 0.1) is 0 Å². The number of benzene rings is 1. The predicted octanol–water partition coefficient (Wildman–Crippen LogP) is 4.44. The maximum Gasteiger partial charge on any atom is 0.490 e. The van der Waals surface area contributed by atoms with Crippen molar-refractivity contribution in [1.29, 1.82) is 0 Å². The minimum Gasteiger partial charge on any atom is -0.475 e. The summed E-state index contributed by atoms with van der Waals surface area (Å²) in [7, 11) is 0. The number of hydrogen-bond acceptors (Lipinski definition) is 7. The van der Waals surface area contributed by atoms with Gasteiger partial charge in [0.1, 0.15) is 6.26 Å².